The summed E-state index contributed by atoms with van der Waals surface area (Å²) in [5, 5.41) is 0. The number of rotatable bonds is 1. The Morgan fingerprint density at radius 1 is 1.33 bits per heavy atom. The fraction of sp³-hybridized carbons (Fsp3) is 0.778. The van der Waals surface area contributed by atoms with E-state index >= 15 is 0 Å². The molecule has 2 saturated carbocycles. The summed E-state index contributed by atoms with van der Waals surface area (Å²) in [6, 6.07) is 0. The van der Waals surface area contributed by atoms with Crippen LogP contribution < -0.4 is 0 Å². The van der Waals surface area contributed by atoms with E-state index in [1.54, 1.807) is 0 Å². The predicted molar refractivity (Wildman–Crippen MR) is 37.8 cm³/mol. The first-order valence-corrected chi connectivity index (χ1v) is 3.85. The SMILES string of the molecule is C#CC1(C2CCC2)CC1. The van der Waals surface area contributed by atoms with Crippen molar-refractivity contribution < 1.29 is 0 Å². The quantitative estimate of drug-likeness (QED) is 0.465. The number of terminal acetylenes is 1. The lowest BCUT2D eigenvalue weighted by atomic mass is 9.74. The first-order chi connectivity index (χ1) is 4.37. The maximum absolute atomic E-state index is 5.43. The summed E-state index contributed by atoms with van der Waals surface area (Å²) in [5.41, 5.74) is 0.415. The van der Waals surface area contributed by atoms with Crippen LogP contribution in [0.4, 0.5) is 0 Å². The zero-order valence-corrected chi connectivity index (χ0v) is 5.69. The summed E-state index contributed by atoms with van der Waals surface area (Å²) in [5.74, 6) is 3.87. The van der Waals surface area contributed by atoms with Crippen molar-refractivity contribution in [2.75, 3.05) is 0 Å². The highest BCUT2D eigenvalue weighted by Crippen LogP contribution is 2.57. The van der Waals surface area contributed by atoms with Gasteiger partial charge in [0.15, 0.2) is 0 Å². The van der Waals surface area contributed by atoms with Crippen LogP contribution in [0.15, 0.2) is 0 Å². The minimum absolute atomic E-state index is 0.415. The zero-order valence-electron chi connectivity index (χ0n) is 5.69. The molecule has 2 aliphatic carbocycles. The van der Waals surface area contributed by atoms with E-state index in [9.17, 15) is 0 Å². The standard InChI is InChI=1S/C9H12/c1-2-9(6-7-9)8-4-3-5-8/h1,8H,3-7H2. The first kappa shape index (κ1) is 5.35. The van der Waals surface area contributed by atoms with E-state index in [1.807, 2.05) is 0 Å². The van der Waals surface area contributed by atoms with Gasteiger partial charge in [0.1, 0.15) is 0 Å². The smallest absolute Gasteiger partial charge is 0.0341 e. The second kappa shape index (κ2) is 1.53. The fourth-order valence-corrected chi connectivity index (χ4v) is 1.77. The Bertz CT molecular complexity index is 153. The lowest BCUT2D eigenvalue weighted by molar-refractivity contribution is 0.233. The van der Waals surface area contributed by atoms with Gasteiger partial charge in [-0.2, -0.15) is 0 Å². The molecule has 2 rings (SSSR count). The van der Waals surface area contributed by atoms with Gasteiger partial charge >= 0.3 is 0 Å². The van der Waals surface area contributed by atoms with Gasteiger partial charge in [-0.1, -0.05) is 12.3 Å². The van der Waals surface area contributed by atoms with E-state index in [0.29, 0.717) is 5.41 Å². The van der Waals surface area contributed by atoms with Crippen LogP contribution in [0, 0.1) is 23.7 Å². The first-order valence-electron chi connectivity index (χ1n) is 3.85. The predicted octanol–water partition coefficient (Wildman–Crippen LogP) is 2.20. The molecule has 0 N–H and O–H groups in total. The van der Waals surface area contributed by atoms with E-state index in [4.69, 9.17) is 6.42 Å². The normalized spacial score (nSPS) is 30.6. The molecule has 0 unspecified atom stereocenters. The van der Waals surface area contributed by atoms with Gasteiger partial charge in [-0.15, -0.1) is 6.42 Å². The third-order valence-electron chi connectivity index (χ3n) is 2.96. The molecule has 0 amide bonds. The summed E-state index contributed by atoms with van der Waals surface area (Å²) in [6.07, 6.45) is 12.3. The fourth-order valence-electron chi connectivity index (χ4n) is 1.77. The highest BCUT2D eigenvalue weighted by Gasteiger charge is 2.49. The summed E-state index contributed by atoms with van der Waals surface area (Å²) in [4.78, 5) is 0. The molecule has 2 fully saturated rings. The third-order valence-corrected chi connectivity index (χ3v) is 2.96. The molecule has 0 saturated heterocycles. The molecule has 9 heavy (non-hydrogen) atoms. The average Bonchev–Trinajstić information content (AvgIpc) is 2.44. The van der Waals surface area contributed by atoms with E-state index in [1.165, 1.54) is 32.1 Å². The summed E-state index contributed by atoms with van der Waals surface area (Å²) in [7, 11) is 0. The van der Waals surface area contributed by atoms with Gasteiger partial charge in [0, 0.05) is 5.41 Å². The second-order valence-corrected chi connectivity index (χ2v) is 3.43. The molecule has 0 spiro atoms. The van der Waals surface area contributed by atoms with E-state index in [0.717, 1.165) is 5.92 Å². The Balaban J connectivity index is 2.04. The van der Waals surface area contributed by atoms with Crippen LogP contribution >= 0.6 is 0 Å². The summed E-state index contributed by atoms with van der Waals surface area (Å²) < 4.78 is 0. The van der Waals surface area contributed by atoms with Crippen LogP contribution in [0.5, 0.6) is 0 Å². The summed E-state index contributed by atoms with van der Waals surface area (Å²) >= 11 is 0. The van der Waals surface area contributed by atoms with Gasteiger partial charge < -0.3 is 0 Å². The molecule has 2 aliphatic rings. The molecule has 48 valence electrons. The Labute approximate surface area is 56.6 Å². The molecule has 0 atom stereocenters. The monoisotopic (exact) mass is 120 g/mol. The van der Waals surface area contributed by atoms with Crippen molar-refractivity contribution in [1.82, 2.24) is 0 Å². The molecule has 0 heterocycles. The van der Waals surface area contributed by atoms with Crippen LogP contribution in [-0.4, -0.2) is 0 Å². The van der Waals surface area contributed by atoms with Gasteiger partial charge in [0.25, 0.3) is 0 Å². The largest absolute Gasteiger partial charge is 0.120 e. The van der Waals surface area contributed by atoms with Gasteiger partial charge in [-0.05, 0) is 31.6 Å². The van der Waals surface area contributed by atoms with Crippen LogP contribution in [-0.2, 0) is 0 Å². The molecule has 0 aromatic heterocycles. The average molecular weight is 120 g/mol. The van der Waals surface area contributed by atoms with Crippen LogP contribution in [0.1, 0.15) is 32.1 Å². The van der Waals surface area contributed by atoms with Crippen molar-refractivity contribution in [2.45, 2.75) is 32.1 Å². The van der Waals surface area contributed by atoms with Crippen molar-refractivity contribution in [3.05, 3.63) is 0 Å². The number of hydrogen-bond acceptors (Lipinski definition) is 0. The number of hydrogen-bond donors (Lipinski definition) is 0. The highest BCUT2D eigenvalue weighted by molar-refractivity contribution is 5.18. The molecule has 0 radical (unpaired) electrons. The van der Waals surface area contributed by atoms with Crippen molar-refractivity contribution in [3.63, 3.8) is 0 Å². The maximum atomic E-state index is 5.43. The van der Waals surface area contributed by atoms with Crippen LogP contribution in [0.3, 0.4) is 0 Å². The maximum Gasteiger partial charge on any atom is 0.0341 e. The Morgan fingerprint density at radius 3 is 2.11 bits per heavy atom. The van der Waals surface area contributed by atoms with Gasteiger partial charge in [0.2, 0.25) is 0 Å². The molecular formula is C9H12. The second-order valence-electron chi connectivity index (χ2n) is 3.43. The lowest BCUT2D eigenvalue weighted by Crippen LogP contribution is -2.21. The topological polar surface area (TPSA) is 0 Å². The van der Waals surface area contributed by atoms with E-state index in [2.05, 4.69) is 5.92 Å². The lowest BCUT2D eigenvalue weighted by Gasteiger charge is -2.30. The zero-order chi connectivity index (χ0) is 6.32. The van der Waals surface area contributed by atoms with E-state index < -0.39 is 0 Å². The molecule has 0 aromatic rings. The molecule has 0 bridgehead atoms. The molecule has 0 heteroatoms. The Kier molecular flexibility index (Phi) is 0.913. The third kappa shape index (κ3) is 0.611. The minimum atomic E-state index is 0.415. The minimum Gasteiger partial charge on any atom is -0.120 e. The Hall–Kier alpha value is -0.440. The summed E-state index contributed by atoms with van der Waals surface area (Å²) in [6.45, 7) is 0. The van der Waals surface area contributed by atoms with E-state index in [-0.39, 0.29) is 0 Å². The molecule has 0 nitrogen and oxygen atoms in total. The van der Waals surface area contributed by atoms with Crippen molar-refractivity contribution >= 4 is 0 Å². The van der Waals surface area contributed by atoms with Crippen LogP contribution in [0.25, 0.3) is 0 Å². The van der Waals surface area contributed by atoms with Gasteiger partial charge in [0.05, 0.1) is 0 Å². The van der Waals surface area contributed by atoms with Crippen LogP contribution in [0.2, 0.25) is 0 Å². The molecule has 0 aliphatic heterocycles. The van der Waals surface area contributed by atoms with Gasteiger partial charge in [-0.25, -0.2) is 0 Å². The Morgan fingerprint density at radius 2 is 2.00 bits per heavy atom. The highest BCUT2D eigenvalue weighted by atomic mass is 14.5. The molecular weight excluding hydrogens is 108 g/mol. The van der Waals surface area contributed by atoms with Crippen molar-refractivity contribution in [3.8, 4) is 12.3 Å². The van der Waals surface area contributed by atoms with Gasteiger partial charge in [-0.3, -0.25) is 0 Å². The van der Waals surface area contributed by atoms with Crippen molar-refractivity contribution in [2.24, 2.45) is 11.3 Å². The molecule has 0 aromatic carbocycles. The van der Waals surface area contributed by atoms with Crippen molar-refractivity contribution in [1.29, 1.82) is 0 Å².